The van der Waals surface area contributed by atoms with Gasteiger partial charge in [-0.15, -0.1) is 0 Å². The van der Waals surface area contributed by atoms with Crippen LogP contribution < -0.4 is 0 Å². The highest BCUT2D eigenvalue weighted by molar-refractivity contribution is 6.29. The molecule has 5 nitrogen and oxygen atoms in total. The highest BCUT2D eigenvalue weighted by Crippen LogP contribution is 2.34. The molecular weight excluding hydrogens is 311 g/mol. The van der Waals surface area contributed by atoms with Gasteiger partial charge in [-0.3, -0.25) is 0 Å². The molecule has 2 heterocycles. The molecule has 0 aliphatic heterocycles. The molecule has 0 spiro atoms. The molecule has 0 saturated carbocycles. The first-order valence-corrected chi connectivity index (χ1v) is 6.00. The number of methoxy groups -OCH3 is 1. The summed E-state index contributed by atoms with van der Waals surface area (Å²) >= 11 is 5.70. The van der Waals surface area contributed by atoms with Crippen LogP contribution in [0.3, 0.4) is 0 Å². The Morgan fingerprint density at radius 2 is 2.05 bits per heavy atom. The van der Waals surface area contributed by atoms with Gasteiger partial charge in [-0.05, 0) is 18.6 Å². The van der Waals surface area contributed by atoms with E-state index in [1.54, 1.807) is 6.92 Å². The van der Waals surface area contributed by atoms with Crippen LogP contribution in [-0.4, -0.2) is 27.8 Å². The van der Waals surface area contributed by atoms with Crippen LogP contribution >= 0.6 is 11.6 Å². The van der Waals surface area contributed by atoms with Gasteiger partial charge in [0.15, 0.2) is 11.5 Å². The lowest BCUT2D eigenvalue weighted by molar-refractivity contribution is -0.143. The zero-order chi connectivity index (χ0) is 15.8. The average Bonchev–Trinajstić information content (AvgIpc) is 2.85. The summed E-state index contributed by atoms with van der Waals surface area (Å²) in [5.41, 5.74) is -1.53. The van der Waals surface area contributed by atoms with Crippen molar-refractivity contribution in [2.75, 3.05) is 7.11 Å². The lowest BCUT2D eigenvalue weighted by Gasteiger charge is -2.13. The van der Waals surface area contributed by atoms with Crippen molar-refractivity contribution in [3.05, 3.63) is 40.3 Å². The molecule has 0 N–H and O–H groups in total. The van der Waals surface area contributed by atoms with E-state index in [9.17, 15) is 18.0 Å². The number of esters is 1. The largest absolute Gasteiger partial charge is 0.465 e. The minimum absolute atomic E-state index is 0.0128. The van der Waals surface area contributed by atoms with Gasteiger partial charge in [-0.1, -0.05) is 17.7 Å². The Bertz CT molecular complexity index is 698. The second kappa shape index (κ2) is 5.36. The van der Waals surface area contributed by atoms with Crippen LogP contribution in [0.5, 0.6) is 0 Å². The quantitative estimate of drug-likeness (QED) is 0.630. The number of nitrogens with zero attached hydrogens (tertiary/aromatic N) is 3. The molecule has 0 bridgehead atoms. The van der Waals surface area contributed by atoms with Crippen molar-refractivity contribution in [1.82, 2.24) is 14.8 Å². The van der Waals surface area contributed by atoms with Crippen molar-refractivity contribution >= 4 is 17.6 Å². The lowest BCUT2D eigenvalue weighted by Crippen LogP contribution is -2.19. The molecule has 2 aromatic rings. The van der Waals surface area contributed by atoms with Crippen LogP contribution in [0, 0.1) is 6.92 Å². The number of alkyl halides is 3. The number of aromatic nitrogens is 3. The maximum atomic E-state index is 13.2. The highest BCUT2D eigenvalue weighted by Gasteiger charge is 2.41. The van der Waals surface area contributed by atoms with Crippen LogP contribution in [-0.2, 0) is 10.9 Å². The molecule has 0 radical (unpaired) electrons. The van der Waals surface area contributed by atoms with E-state index >= 15 is 0 Å². The van der Waals surface area contributed by atoms with Crippen molar-refractivity contribution in [2.45, 2.75) is 13.1 Å². The summed E-state index contributed by atoms with van der Waals surface area (Å²) < 4.78 is 44.6. The van der Waals surface area contributed by atoms with E-state index in [2.05, 4.69) is 14.8 Å². The fraction of sp³-hybridized carbons (Fsp3) is 0.250. The molecular formula is C12H9ClF3N3O2. The van der Waals surface area contributed by atoms with Crippen LogP contribution in [0.4, 0.5) is 13.2 Å². The fourth-order valence-electron chi connectivity index (χ4n) is 1.75. The van der Waals surface area contributed by atoms with E-state index in [1.165, 1.54) is 12.1 Å². The highest BCUT2D eigenvalue weighted by atomic mass is 35.5. The predicted octanol–water partition coefficient (Wildman–Crippen LogP) is 3.03. The second-order valence-electron chi connectivity index (χ2n) is 4.08. The SMILES string of the molecule is COC(=O)c1cnn(-c2nc(Cl)ccc2C)c1C(F)(F)F. The van der Waals surface area contributed by atoms with Gasteiger partial charge in [-0.25, -0.2) is 14.5 Å². The predicted molar refractivity (Wildman–Crippen MR) is 67.4 cm³/mol. The molecule has 0 atom stereocenters. The lowest BCUT2D eigenvalue weighted by atomic mass is 10.2. The van der Waals surface area contributed by atoms with Crippen LogP contribution in [0.15, 0.2) is 18.3 Å². The average molecular weight is 320 g/mol. The van der Waals surface area contributed by atoms with Crippen molar-refractivity contribution in [1.29, 1.82) is 0 Å². The summed E-state index contributed by atoms with van der Waals surface area (Å²) in [6.45, 7) is 1.55. The van der Waals surface area contributed by atoms with Crippen LogP contribution in [0.25, 0.3) is 5.82 Å². The summed E-state index contributed by atoms with van der Waals surface area (Å²) in [5.74, 6) is -1.24. The smallest absolute Gasteiger partial charge is 0.434 e. The maximum Gasteiger partial charge on any atom is 0.434 e. The minimum Gasteiger partial charge on any atom is -0.465 e. The first-order valence-electron chi connectivity index (χ1n) is 5.62. The van der Waals surface area contributed by atoms with Gasteiger partial charge in [0.2, 0.25) is 0 Å². The number of hydrogen-bond donors (Lipinski definition) is 0. The van der Waals surface area contributed by atoms with Gasteiger partial charge in [0.1, 0.15) is 10.7 Å². The molecule has 0 fully saturated rings. The molecule has 2 rings (SSSR count). The number of pyridine rings is 1. The number of rotatable bonds is 2. The van der Waals surface area contributed by atoms with Gasteiger partial charge < -0.3 is 4.74 Å². The first kappa shape index (κ1) is 15.3. The zero-order valence-electron chi connectivity index (χ0n) is 10.9. The van der Waals surface area contributed by atoms with Gasteiger partial charge in [0, 0.05) is 0 Å². The Morgan fingerprint density at radius 3 is 2.62 bits per heavy atom. The van der Waals surface area contributed by atoms with E-state index in [-0.39, 0.29) is 11.0 Å². The fourth-order valence-corrected chi connectivity index (χ4v) is 1.89. The zero-order valence-corrected chi connectivity index (χ0v) is 11.7. The van der Waals surface area contributed by atoms with Gasteiger partial charge >= 0.3 is 12.1 Å². The minimum atomic E-state index is -4.81. The van der Waals surface area contributed by atoms with E-state index < -0.39 is 23.4 Å². The summed E-state index contributed by atoms with van der Waals surface area (Å²) in [6.07, 6.45) is -4.02. The molecule has 0 saturated heterocycles. The molecule has 0 unspecified atom stereocenters. The Kier molecular flexibility index (Phi) is 3.91. The van der Waals surface area contributed by atoms with Crippen molar-refractivity contribution in [2.24, 2.45) is 0 Å². The third-order valence-corrected chi connectivity index (χ3v) is 2.89. The van der Waals surface area contributed by atoms with Gasteiger partial charge in [-0.2, -0.15) is 18.3 Å². The molecule has 0 amide bonds. The van der Waals surface area contributed by atoms with Crippen molar-refractivity contribution < 1.29 is 22.7 Å². The van der Waals surface area contributed by atoms with Crippen molar-refractivity contribution in [3.8, 4) is 5.82 Å². The molecule has 0 aliphatic rings. The third kappa shape index (κ3) is 2.85. The van der Waals surface area contributed by atoms with Crippen LogP contribution in [0.2, 0.25) is 5.15 Å². The summed E-state index contributed by atoms with van der Waals surface area (Å²) in [4.78, 5) is 15.3. The van der Waals surface area contributed by atoms with E-state index in [1.807, 2.05) is 0 Å². The molecule has 9 heteroatoms. The summed E-state index contributed by atoms with van der Waals surface area (Å²) in [5, 5.41) is 3.61. The molecule has 0 aliphatic carbocycles. The molecule has 0 aromatic carbocycles. The third-order valence-electron chi connectivity index (χ3n) is 2.68. The Morgan fingerprint density at radius 1 is 1.38 bits per heavy atom. The van der Waals surface area contributed by atoms with Crippen molar-refractivity contribution in [3.63, 3.8) is 0 Å². The monoisotopic (exact) mass is 319 g/mol. The van der Waals surface area contributed by atoms with E-state index in [0.717, 1.165) is 13.3 Å². The number of carbonyl (C=O) groups excluding carboxylic acids is 1. The Hall–Kier alpha value is -2.09. The summed E-state index contributed by atoms with van der Waals surface area (Å²) in [7, 11) is 0.989. The van der Waals surface area contributed by atoms with Gasteiger partial charge in [0.25, 0.3) is 0 Å². The number of hydrogen-bond acceptors (Lipinski definition) is 4. The van der Waals surface area contributed by atoms with E-state index in [0.29, 0.717) is 10.2 Å². The maximum absolute atomic E-state index is 13.2. The summed E-state index contributed by atoms with van der Waals surface area (Å²) in [6, 6.07) is 2.95. The van der Waals surface area contributed by atoms with Crippen LogP contribution in [0.1, 0.15) is 21.6 Å². The molecule has 2 aromatic heterocycles. The first-order chi connectivity index (χ1) is 9.75. The topological polar surface area (TPSA) is 57.0 Å². The second-order valence-corrected chi connectivity index (χ2v) is 4.47. The number of carbonyl (C=O) groups is 1. The Labute approximate surface area is 122 Å². The van der Waals surface area contributed by atoms with E-state index in [4.69, 9.17) is 11.6 Å². The molecule has 21 heavy (non-hydrogen) atoms. The number of aryl methyl sites for hydroxylation is 1. The molecule has 112 valence electrons. The Balaban J connectivity index is 2.73. The normalized spacial score (nSPS) is 11.5. The number of ether oxygens (including phenoxy) is 1. The van der Waals surface area contributed by atoms with Gasteiger partial charge in [0.05, 0.1) is 13.3 Å². The number of halogens is 4. The standard InChI is InChI=1S/C12H9ClF3N3O2/c1-6-3-4-8(13)18-10(6)19-9(12(14,15)16)7(5-17-19)11(20)21-2/h3-5H,1-2H3.